The lowest BCUT2D eigenvalue weighted by molar-refractivity contribution is 0.668. The van der Waals surface area contributed by atoms with Crippen LogP contribution in [0.25, 0.3) is 111 Å². The highest BCUT2D eigenvalue weighted by Crippen LogP contribution is 2.42. The van der Waals surface area contributed by atoms with Crippen LogP contribution in [0.1, 0.15) is 0 Å². The summed E-state index contributed by atoms with van der Waals surface area (Å²) in [6.45, 7) is 0. The maximum absolute atomic E-state index is 6.74. The first kappa shape index (κ1) is 28.6. The van der Waals surface area contributed by atoms with Crippen molar-refractivity contribution in [3.8, 4) is 45.4 Å². The Morgan fingerprint density at radius 3 is 1.90 bits per heavy atom. The van der Waals surface area contributed by atoms with Gasteiger partial charge in [0, 0.05) is 50.0 Å². The average Bonchev–Trinajstić information content (AvgIpc) is 3.78. The van der Waals surface area contributed by atoms with Crippen LogP contribution < -0.4 is 0 Å². The summed E-state index contributed by atoms with van der Waals surface area (Å²) >= 11 is 0. The van der Waals surface area contributed by atoms with E-state index in [1.807, 2.05) is 72.9 Å². The molecule has 0 aliphatic rings. The van der Waals surface area contributed by atoms with Crippen LogP contribution in [-0.2, 0) is 0 Å². The van der Waals surface area contributed by atoms with Crippen molar-refractivity contribution in [2.45, 2.75) is 0 Å². The highest BCUT2D eigenvalue weighted by atomic mass is 16.3. The predicted octanol–water partition coefficient (Wildman–Crippen LogP) is 12.0. The molecule has 242 valence electrons. The Labute approximate surface area is 296 Å². The van der Waals surface area contributed by atoms with Crippen LogP contribution in [0.4, 0.5) is 0 Å². The zero-order chi connectivity index (χ0) is 34.2. The lowest BCUT2D eigenvalue weighted by Gasteiger charge is -2.11. The standard InChI is InChI=1S/C46H26N4O2/c1-2-12-28(13-3-1)42-43-41(35-24-30-15-6-7-16-31(30)25-39(35)52-43)36(26-47-42)46-49-44(32-22-21-27-11-4-5-14-29(27)23-32)48-45(50-46)34-18-10-20-38-40(34)33-17-8-9-19-37(33)51-38/h1-26H. The van der Waals surface area contributed by atoms with Gasteiger partial charge in [-0.25, -0.2) is 15.0 Å². The Hall–Kier alpha value is -7.18. The molecule has 0 radical (unpaired) electrons. The zero-order valence-electron chi connectivity index (χ0n) is 27.6. The van der Waals surface area contributed by atoms with Gasteiger partial charge in [0.05, 0.1) is 0 Å². The van der Waals surface area contributed by atoms with Crippen molar-refractivity contribution >= 4 is 65.4 Å². The van der Waals surface area contributed by atoms with Crippen LogP contribution in [0.15, 0.2) is 167 Å². The number of furan rings is 2. The number of hydrogen-bond acceptors (Lipinski definition) is 6. The van der Waals surface area contributed by atoms with Crippen LogP contribution in [0.5, 0.6) is 0 Å². The van der Waals surface area contributed by atoms with E-state index in [0.717, 1.165) is 87.8 Å². The topological polar surface area (TPSA) is 77.8 Å². The third-order valence-corrected chi connectivity index (χ3v) is 9.94. The van der Waals surface area contributed by atoms with E-state index in [9.17, 15) is 0 Å². The molecule has 7 aromatic carbocycles. The first-order valence-corrected chi connectivity index (χ1v) is 17.2. The summed E-state index contributed by atoms with van der Waals surface area (Å²) in [4.78, 5) is 20.7. The lowest BCUT2D eigenvalue weighted by Crippen LogP contribution is -2.01. The lowest BCUT2D eigenvalue weighted by atomic mass is 10.0. The minimum Gasteiger partial charge on any atom is -0.456 e. The molecule has 4 aromatic heterocycles. The van der Waals surface area contributed by atoms with E-state index < -0.39 is 0 Å². The van der Waals surface area contributed by atoms with Gasteiger partial charge in [0.15, 0.2) is 23.1 Å². The molecular formula is C46H26N4O2. The number of benzene rings is 7. The number of aromatic nitrogens is 4. The van der Waals surface area contributed by atoms with Gasteiger partial charge in [-0.2, -0.15) is 0 Å². The van der Waals surface area contributed by atoms with E-state index in [1.54, 1.807) is 0 Å². The molecule has 0 fully saturated rings. The molecule has 11 rings (SSSR count). The zero-order valence-corrected chi connectivity index (χ0v) is 27.6. The van der Waals surface area contributed by atoms with Gasteiger partial charge >= 0.3 is 0 Å². The molecule has 0 N–H and O–H groups in total. The quantitative estimate of drug-likeness (QED) is 0.186. The summed E-state index contributed by atoms with van der Waals surface area (Å²) in [5.41, 5.74) is 7.30. The number of hydrogen-bond donors (Lipinski definition) is 0. The van der Waals surface area contributed by atoms with E-state index in [-0.39, 0.29) is 0 Å². The molecule has 0 atom stereocenters. The van der Waals surface area contributed by atoms with Gasteiger partial charge in [0.25, 0.3) is 0 Å². The van der Waals surface area contributed by atoms with Crippen LogP contribution >= 0.6 is 0 Å². The van der Waals surface area contributed by atoms with Gasteiger partial charge < -0.3 is 8.83 Å². The number of nitrogens with zero attached hydrogens (tertiary/aromatic N) is 4. The minimum atomic E-state index is 0.505. The fourth-order valence-electron chi connectivity index (χ4n) is 7.48. The van der Waals surface area contributed by atoms with Crippen molar-refractivity contribution in [2.24, 2.45) is 0 Å². The molecule has 0 unspecified atom stereocenters. The second-order valence-corrected chi connectivity index (χ2v) is 13.0. The van der Waals surface area contributed by atoms with Gasteiger partial charge in [-0.05, 0) is 51.9 Å². The minimum absolute atomic E-state index is 0.505. The smallest absolute Gasteiger partial charge is 0.166 e. The molecule has 0 bridgehead atoms. The van der Waals surface area contributed by atoms with Crippen molar-refractivity contribution in [3.63, 3.8) is 0 Å². The second-order valence-electron chi connectivity index (χ2n) is 13.0. The summed E-state index contributed by atoms with van der Waals surface area (Å²) in [5, 5.41) is 8.32. The van der Waals surface area contributed by atoms with Crippen LogP contribution in [0.2, 0.25) is 0 Å². The molecule has 6 nitrogen and oxygen atoms in total. The summed E-state index contributed by atoms with van der Waals surface area (Å²) in [5.74, 6) is 1.61. The van der Waals surface area contributed by atoms with Crippen LogP contribution in [-0.4, -0.2) is 19.9 Å². The summed E-state index contributed by atoms with van der Waals surface area (Å²) in [6.07, 6.45) is 1.88. The van der Waals surface area contributed by atoms with Crippen molar-refractivity contribution in [3.05, 3.63) is 158 Å². The third-order valence-electron chi connectivity index (χ3n) is 9.94. The van der Waals surface area contributed by atoms with Crippen molar-refractivity contribution in [1.82, 2.24) is 19.9 Å². The summed E-state index contributed by atoms with van der Waals surface area (Å²) < 4.78 is 13.0. The van der Waals surface area contributed by atoms with Crippen molar-refractivity contribution in [1.29, 1.82) is 0 Å². The predicted molar refractivity (Wildman–Crippen MR) is 209 cm³/mol. The molecule has 0 spiro atoms. The Balaban J connectivity index is 1.24. The molecule has 52 heavy (non-hydrogen) atoms. The first-order valence-electron chi connectivity index (χ1n) is 17.2. The fourth-order valence-corrected chi connectivity index (χ4v) is 7.48. The molecule has 11 aromatic rings. The second kappa shape index (κ2) is 11.2. The van der Waals surface area contributed by atoms with Gasteiger partial charge in [0.1, 0.15) is 22.4 Å². The highest BCUT2D eigenvalue weighted by Gasteiger charge is 2.23. The summed E-state index contributed by atoms with van der Waals surface area (Å²) in [7, 11) is 0. The number of pyridine rings is 1. The van der Waals surface area contributed by atoms with E-state index in [4.69, 9.17) is 28.8 Å². The highest BCUT2D eigenvalue weighted by molar-refractivity contribution is 6.18. The largest absolute Gasteiger partial charge is 0.456 e. The van der Waals surface area contributed by atoms with E-state index in [0.29, 0.717) is 23.1 Å². The Kier molecular flexibility index (Phi) is 6.15. The molecule has 6 heteroatoms. The Bertz CT molecular complexity index is 3200. The molecule has 4 heterocycles. The average molecular weight is 667 g/mol. The Morgan fingerprint density at radius 2 is 1.06 bits per heavy atom. The number of fused-ring (bicyclic) bond motifs is 8. The maximum atomic E-state index is 6.74. The molecule has 0 saturated heterocycles. The van der Waals surface area contributed by atoms with Crippen molar-refractivity contribution < 1.29 is 8.83 Å². The van der Waals surface area contributed by atoms with Gasteiger partial charge in [-0.15, -0.1) is 0 Å². The fraction of sp³-hybridized carbons (Fsp3) is 0. The SMILES string of the molecule is c1ccc(-c2ncc(-c3nc(-c4ccc5ccccc5c4)nc(-c4cccc5oc6ccccc6c45)n3)c3c2oc2cc4ccccc4cc23)cc1. The van der Waals surface area contributed by atoms with E-state index >= 15 is 0 Å². The van der Waals surface area contributed by atoms with Gasteiger partial charge in [-0.3, -0.25) is 4.98 Å². The number of rotatable bonds is 4. The van der Waals surface area contributed by atoms with Crippen LogP contribution in [0.3, 0.4) is 0 Å². The molecular weight excluding hydrogens is 641 g/mol. The molecule has 0 aliphatic carbocycles. The van der Waals surface area contributed by atoms with Crippen LogP contribution in [0, 0.1) is 0 Å². The third kappa shape index (κ3) is 4.44. The Morgan fingerprint density at radius 1 is 0.385 bits per heavy atom. The molecule has 0 aliphatic heterocycles. The maximum Gasteiger partial charge on any atom is 0.166 e. The monoisotopic (exact) mass is 666 g/mol. The number of para-hydroxylation sites is 1. The normalized spacial score (nSPS) is 11.8. The van der Waals surface area contributed by atoms with Gasteiger partial charge in [0.2, 0.25) is 0 Å². The summed E-state index contributed by atoms with van der Waals surface area (Å²) in [6, 6.07) is 51.5. The van der Waals surface area contributed by atoms with E-state index in [1.165, 1.54) is 0 Å². The first-order chi connectivity index (χ1) is 25.7. The van der Waals surface area contributed by atoms with Gasteiger partial charge in [-0.1, -0.05) is 121 Å². The molecule has 0 saturated carbocycles. The van der Waals surface area contributed by atoms with Crippen molar-refractivity contribution in [2.75, 3.05) is 0 Å². The molecule has 0 amide bonds. The van der Waals surface area contributed by atoms with E-state index in [2.05, 4.69) is 84.9 Å².